The number of carbonyl (C=O) groups excluding carboxylic acids is 1. The van der Waals surface area contributed by atoms with Gasteiger partial charge in [-0.15, -0.1) is 0 Å². The maximum Gasteiger partial charge on any atom is 0.293 e. The Hall–Kier alpha value is -1.31. The zero-order chi connectivity index (χ0) is 11.2. The third kappa shape index (κ3) is 8.78. The van der Waals surface area contributed by atoms with E-state index in [2.05, 4.69) is 4.74 Å². The molecule has 0 atom stereocenters. The fraction of sp³-hybridized carbons (Fsp3) is 0.417. The van der Waals surface area contributed by atoms with E-state index >= 15 is 0 Å². The molecule has 0 aliphatic heterocycles. The van der Waals surface area contributed by atoms with Crippen molar-refractivity contribution < 1.29 is 9.53 Å². The molecule has 14 heavy (non-hydrogen) atoms. The molecule has 0 spiro atoms. The molecule has 1 aromatic rings. The van der Waals surface area contributed by atoms with Crippen LogP contribution in [0, 0.1) is 0 Å². The quantitative estimate of drug-likeness (QED) is 0.692. The number of carbonyl (C=O) groups is 1. The van der Waals surface area contributed by atoms with Gasteiger partial charge >= 0.3 is 0 Å². The lowest BCUT2D eigenvalue weighted by Crippen LogP contribution is -1.88. The van der Waals surface area contributed by atoms with Gasteiger partial charge in [0.05, 0.1) is 0 Å². The van der Waals surface area contributed by atoms with Gasteiger partial charge in [0.15, 0.2) is 0 Å². The summed E-state index contributed by atoms with van der Waals surface area (Å²) in [5, 5.41) is 0. The van der Waals surface area contributed by atoms with Gasteiger partial charge < -0.3 is 4.74 Å². The van der Waals surface area contributed by atoms with Crippen molar-refractivity contribution in [1.29, 1.82) is 0 Å². The summed E-state index contributed by atoms with van der Waals surface area (Å²) in [7, 11) is 0. The number of hydrogen-bond donors (Lipinski definition) is 0. The van der Waals surface area contributed by atoms with Gasteiger partial charge in [-0.25, -0.2) is 0 Å². The molecule has 0 amide bonds. The van der Waals surface area contributed by atoms with Crippen molar-refractivity contribution in [2.75, 3.05) is 0 Å². The molecule has 0 aliphatic carbocycles. The van der Waals surface area contributed by atoms with E-state index in [1.54, 1.807) is 0 Å². The average Bonchev–Trinajstić information content (AvgIpc) is 2.33. The molecule has 0 aromatic heterocycles. The molecule has 0 radical (unpaired) electrons. The number of ether oxygens (including phenoxy) is 1. The summed E-state index contributed by atoms with van der Waals surface area (Å²) >= 11 is 0. The molecular weight excluding hydrogens is 176 g/mol. The summed E-state index contributed by atoms with van der Waals surface area (Å²) in [6.07, 6.45) is 0. The summed E-state index contributed by atoms with van der Waals surface area (Å²) in [6.45, 7) is 8.82. The van der Waals surface area contributed by atoms with Crippen LogP contribution in [0.3, 0.4) is 0 Å². The Balaban J connectivity index is 0. The highest BCUT2D eigenvalue weighted by atomic mass is 16.5. The fourth-order valence-corrected chi connectivity index (χ4v) is 0.704. The molecule has 0 saturated carbocycles. The molecule has 0 fully saturated rings. The molecule has 0 N–H and O–H groups in total. The molecule has 2 heteroatoms. The molecular formula is C12H20O2. The minimum Gasteiger partial charge on any atom is -0.463 e. The van der Waals surface area contributed by atoms with Crippen LogP contribution in [0.5, 0.6) is 0 Å². The van der Waals surface area contributed by atoms with Gasteiger partial charge in [-0.05, 0) is 5.56 Å². The van der Waals surface area contributed by atoms with Crippen LogP contribution in [0.15, 0.2) is 30.3 Å². The monoisotopic (exact) mass is 196 g/mol. The Morgan fingerprint density at radius 2 is 1.57 bits per heavy atom. The Labute approximate surface area is 86.9 Å². The van der Waals surface area contributed by atoms with Crippen LogP contribution in [0.1, 0.15) is 33.3 Å². The Kier molecular flexibility index (Phi) is 15.4. The highest BCUT2D eigenvalue weighted by Crippen LogP contribution is 1.98. The van der Waals surface area contributed by atoms with Gasteiger partial charge in [0, 0.05) is 0 Å². The predicted octanol–water partition coefficient (Wildman–Crippen LogP) is 3.41. The summed E-state index contributed by atoms with van der Waals surface area (Å²) in [5.74, 6) is 0. The standard InChI is InChI=1S/C8H8O2.2C2H6/c9-7-10-6-8-4-2-1-3-5-8;2*1-2/h1-5,7H,6H2;2*1-2H3. The molecule has 1 rings (SSSR count). The van der Waals surface area contributed by atoms with E-state index in [9.17, 15) is 4.79 Å². The fourth-order valence-electron chi connectivity index (χ4n) is 0.704. The number of rotatable bonds is 3. The predicted molar refractivity (Wildman–Crippen MR) is 60.0 cm³/mol. The molecule has 2 nitrogen and oxygen atoms in total. The van der Waals surface area contributed by atoms with Crippen LogP contribution in [0.4, 0.5) is 0 Å². The van der Waals surface area contributed by atoms with Crippen LogP contribution in [-0.4, -0.2) is 6.47 Å². The summed E-state index contributed by atoms with van der Waals surface area (Å²) in [4.78, 5) is 9.76. The highest BCUT2D eigenvalue weighted by molar-refractivity contribution is 5.37. The van der Waals surface area contributed by atoms with Crippen molar-refractivity contribution in [2.45, 2.75) is 34.3 Å². The van der Waals surface area contributed by atoms with Crippen LogP contribution in [0.25, 0.3) is 0 Å². The average molecular weight is 196 g/mol. The third-order valence-corrected chi connectivity index (χ3v) is 1.16. The first-order chi connectivity index (χ1) is 6.93. The first-order valence-electron chi connectivity index (χ1n) is 5.02. The maximum atomic E-state index is 9.76. The smallest absolute Gasteiger partial charge is 0.293 e. The second kappa shape index (κ2) is 14.2. The van der Waals surface area contributed by atoms with Crippen molar-refractivity contribution in [1.82, 2.24) is 0 Å². The van der Waals surface area contributed by atoms with Gasteiger partial charge in [-0.2, -0.15) is 0 Å². The molecule has 0 unspecified atom stereocenters. The maximum absolute atomic E-state index is 9.76. The molecule has 1 aromatic carbocycles. The van der Waals surface area contributed by atoms with Crippen LogP contribution in [-0.2, 0) is 16.1 Å². The van der Waals surface area contributed by atoms with E-state index in [1.807, 2.05) is 58.0 Å². The van der Waals surface area contributed by atoms with Crippen LogP contribution < -0.4 is 0 Å². The largest absolute Gasteiger partial charge is 0.463 e. The summed E-state index contributed by atoms with van der Waals surface area (Å²) in [6, 6.07) is 9.55. The third-order valence-electron chi connectivity index (χ3n) is 1.16. The summed E-state index contributed by atoms with van der Waals surface area (Å²) in [5.41, 5.74) is 1.01. The first kappa shape index (κ1) is 15.2. The second-order valence-electron chi connectivity index (χ2n) is 1.89. The van der Waals surface area contributed by atoms with E-state index in [0.717, 1.165) is 5.56 Å². The van der Waals surface area contributed by atoms with E-state index in [-0.39, 0.29) is 0 Å². The van der Waals surface area contributed by atoms with Crippen molar-refractivity contribution in [3.05, 3.63) is 35.9 Å². The van der Waals surface area contributed by atoms with Crippen LogP contribution >= 0.6 is 0 Å². The lowest BCUT2D eigenvalue weighted by Gasteiger charge is -1.95. The topological polar surface area (TPSA) is 26.3 Å². The summed E-state index contributed by atoms with van der Waals surface area (Å²) < 4.78 is 4.54. The van der Waals surface area contributed by atoms with Gasteiger partial charge in [-0.3, -0.25) is 4.79 Å². The van der Waals surface area contributed by atoms with E-state index in [1.165, 1.54) is 0 Å². The van der Waals surface area contributed by atoms with Crippen molar-refractivity contribution in [3.8, 4) is 0 Å². The van der Waals surface area contributed by atoms with E-state index in [0.29, 0.717) is 13.1 Å². The van der Waals surface area contributed by atoms with Gasteiger partial charge in [0.25, 0.3) is 6.47 Å². The molecule has 80 valence electrons. The zero-order valence-corrected chi connectivity index (χ0v) is 9.49. The molecule has 0 saturated heterocycles. The molecule has 0 heterocycles. The van der Waals surface area contributed by atoms with Gasteiger partial charge in [0.2, 0.25) is 0 Å². The van der Waals surface area contributed by atoms with E-state index < -0.39 is 0 Å². The highest BCUT2D eigenvalue weighted by Gasteiger charge is 1.87. The Bertz CT molecular complexity index is 195. The minimum absolute atomic E-state index is 0.365. The lowest BCUT2D eigenvalue weighted by atomic mass is 10.2. The van der Waals surface area contributed by atoms with Gasteiger partial charge in [0.1, 0.15) is 6.61 Å². The minimum atomic E-state index is 0.365. The molecule has 0 aliphatic rings. The van der Waals surface area contributed by atoms with Gasteiger partial charge in [-0.1, -0.05) is 58.0 Å². The van der Waals surface area contributed by atoms with Crippen LogP contribution in [0.2, 0.25) is 0 Å². The Morgan fingerprint density at radius 3 is 2.00 bits per heavy atom. The SMILES string of the molecule is CC.CC.O=COCc1ccccc1. The lowest BCUT2D eigenvalue weighted by molar-refractivity contribution is -0.129. The Morgan fingerprint density at radius 1 is 1.07 bits per heavy atom. The molecule has 0 bridgehead atoms. The van der Waals surface area contributed by atoms with E-state index in [4.69, 9.17) is 0 Å². The number of hydrogen-bond acceptors (Lipinski definition) is 2. The number of benzene rings is 1. The second-order valence-corrected chi connectivity index (χ2v) is 1.89. The zero-order valence-electron chi connectivity index (χ0n) is 9.49. The van der Waals surface area contributed by atoms with Crippen molar-refractivity contribution >= 4 is 6.47 Å². The normalized spacial score (nSPS) is 7.14. The first-order valence-corrected chi connectivity index (χ1v) is 5.02. The van der Waals surface area contributed by atoms with Crippen molar-refractivity contribution in [2.24, 2.45) is 0 Å². The van der Waals surface area contributed by atoms with Crippen molar-refractivity contribution in [3.63, 3.8) is 0 Å².